The highest BCUT2D eigenvalue weighted by molar-refractivity contribution is 7.70. The smallest absolute Gasteiger partial charge is 0.231 e. The van der Waals surface area contributed by atoms with Gasteiger partial charge in [0.05, 0.1) is 23.7 Å². The number of H-pyrrole nitrogens is 1. The van der Waals surface area contributed by atoms with Crippen LogP contribution in [0.3, 0.4) is 0 Å². The summed E-state index contributed by atoms with van der Waals surface area (Å²) in [5, 5.41) is 17.3. The van der Waals surface area contributed by atoms with Gasteiger partial charge in [0.25, 0.3) is 0 Å². The van der Waals surface area contributed by atoms with Gasteiger partial charge in [-0.3, -0.25) is 0 Å². The molecule has 0 aliphatic rings. The molecule has 3 aromatic rings. The minimum atomic E-state index is -2.40. The highest BCUT2D eigenvalue weighted by Crippen LogP contribution is 2.38. The number of aromatic nitrogens is 3. The van der Waals surface area contributed by atoms with E-state index in [1.807, 2.05) is 6.07 Å². The average Bonchev–Trinajstić information content (AvgIpc) is 3.11. The van der Waals surface area contributed by atoms with Gasteiger partial charge in [-0.25, -0.2) is 0 Å². The van der Waals surface area contributed by atoms with Gasteiger partial charge in [0.2, 0.25) is 5.95 Å². The molecule has 8 nitrogen and oxygen atoms in total. The summed E-state index contributed by atoms with van der Waals surface area (Å²) >= 11 is 0. The Morgan fingerprint density at radius 1 is 1.31 bits per heavy atom. The van der Waals surface area contributed by atoms with Crippen molar-refractivity contribution in [2.75, 3.05) is 37.6 Å². The van der Waals surface area contributed by atoms with E-state index in [1.54, 1.807) is 38.8 Å². The van der Waals surface area contributed by atoms with Crippen LogP contribution in [-0.4, -0.2) is 41.9 Å². The fourth-order valence-electron chi connectivity index (χ4n) is 2.93. The summed E-state index contributed by atoms with van der Waals surface area (Å²) in [6, 6.07) is 7.56. The van der Waals surface area contributed by atoms with E-state index in [1.165, 1.54) is 0 Å². The van der Waals surface area contributed by atoms with Crippen LogP contribution in [0.1, 0.15) is 25.3 Å². The van der Waals surface area contributed by atoms with Crippen molar-refractivity contribution in [2.45, 2.75) is 19.8 Å². The summed E-state index contributed by atoms with van der Waals surface area (Å²) in [6.45, 7) is 6.30. The van der Waals surface area contributed by atoms with Crippen molar-refractivity contribution in [2.24, 2.45) is 0 Å². The SMILES string of the molecule is CCCCNc1nc(Nc2ccc(P(C)(C)=O)cc2OC)nc2[nH]cc(C#N)c12. The zero-order valence-electron chi connectivity index (χ0n) is 17.0. The van der Waals surface area contributed by atoms with Gasteiger partial charge in [-0.2, -0.15) is 15.2 Å². The van der Waals surface area contributed by atoms with Crippen LogP contribution in [0.4, 0.5) is 17.5 Å². The molecular formula is C20H25N6O2P. The largest absolute Gasteiger partial charge is 0.495 e. The third-order valence-corrected chi connectivity index (χ3v) is 6.05. The molecule has 3 N–H and O–H groups in total. The summed E-state index contributed by atoms with van der Waals surface area (Å²) in [6.07, 6.45) is 3.67. The highest BCUT2D eigenvalue weighted by Gasteiger charge is 2.17. The molecule has 0 aliphatic heterocycles. The Balaban J connectivity index is 2.00. The molecule has 9 heteroatoms. The van der Waals surface area contributed by atoms with Crippen LogP contribution < -0.4 is 20.7 Å². The maximum absolute atomic E-state index is 12.4. The van der Waals surface area contributed by atoms with Crippen molar-refractivity contribution >= 4 is 40.9 Å². The number of rotatable bonds is 8. The second-order valence-corrected chi connectivity index (χ2v) is 10.3. The van der Waals surface area contributed by atoms with Crippen LogP contribution in [0, 0.1) is 11.3 Å². The van der Waals surface area contributed by atoms with Crippen LogP contribution in [-0.2, 0) is 4.57 Å². The number of aromatic amines is 1. The van der Waals surface area contributed by atoms with Crippen LogP contribution in [0.5, 0.6) is 5.75 Å². The molecule has 1 aromatic carbocycles. The summed E-state index contributed by atoms with van der Waals surface area (Å²) in [5.41, 5.74) is 1.73. The maximum Gasteiger partial charge on any atom is 0.231 e. The topological polar surface area (TPSA) is 116 Å². The van der Waals surface area contributed by atoms with Crippen LogP contribution in [0.25, 0.3) is 11.0 Å². The summed E-state index contributed by atoms with van der Waals surface area (Å²) in [4.78, 5) is 12.1. The molecule has 0 fully saturated rings. The molecule has 0 atom stereocenters. The number of nitrogens with zero attached hydrogens (tertiary/aromatic N) is 3. The zero-order valence-corrected chi connectivity index (χ0v) is 17.9. The first kappa shape index (κ1) is 20.7. The van der Waals surface area contributed by atoms with Gasteiger partial charge in [0, 0.05) is 18.0 Å². The van der Waals surface area contributed by atoms with Gasteiger partial charge in [-0.15, -0.1) is 0 Å². The minimum absolute atomic E-state index is 0.366. The number of nitrogens with one attached hydrogen (secondary N) is 3. The fourth-order valence-corrected chi connectivity index (χ4v) is 3.79. The van der Waals surface area contributed by atoms with Crippen molar-refractivity contribution < 1.29 is 9.30 Å². The van der Waals surface area contributed by atoms with E-state index in [4.69, 9.17) is 4.74 Å². The third-order valence-electron chi connectivity index (χ3n) is 4.53. The molecular weight excluding hydrogens is 387 g/mol. The number of benzene rings is 1. The molecule has 0 saturated heterocycles. The lowest BCUT2D eigenvalue weighted by Gasteiger charge is -2.15. The first-order valence-corrected chi connectivity index (χ1v) is 12.0. The number of fused-ring (bicyclic) bond motifs is 1. The summed E-state index contributed by atoms with van der Waals surface area (Å²) < 4.78 is 17.8. The average molecular weight is 412 g/mol. The normalized spacial score (nSPS) is 11.3. The molecule has 152 valence electrons. The van der Waals surface area contributed by atoms with Crippen molar-refractivity contribution in [3.05, 3.63) is 30.0 Å². The molecule has 0 bridgehead atoms. The van der Waals surface area contributed by atoms with E-state index >= 15 is 0 Å². The predicted molar refractivity (Wildman–Crippen MR) is 117 cm³/mol. The fraction of sp³-hybridized carbons (Fsp3) is 0.350. The number of hydrogen-bond acceptors (Lipinski definition) is 7. The van der Waals surface area contributed by atoms with E-state index in [-0.39, 0.29) is 0 Å². The number of anilines is 3. The second kappa shape index (κ2) is 8.54. The lowest BCUT2D eigenvalue weighted by Crippen LogP contribution is -2.08. The molecule has 0 amide bonds. The molecule has 2 aromatic heterocycles. The van der Waals surface area contributed by atoms with Crippen LogP contribution >= 0.6 is 7.14 Å². The van der Waals surface area contributed by atoms with E-state index in [0.717, 1.165) is 24.7 Å². The van der Waals surface area contributed by atoms with E-state index in [9.17, 15) is 9.83 Å². The number of unbranched alkanes of at least 4 members (excludes halogenated alkanes) is 1. The molecule has 0 unspecified atom stereocenters. The van der Waals surface area contributed by atoms with Gasteiger partial charge in [-0.1, -0.05) is 13.3 Å². The van der Waals surface area contributed by atoms with Crippen molar-refractivity contribution in [1.82, 2.24) is 15.0 Å². The molecule has 0 saturated carbocycles. The number of nitriles is 1. The Morgan fingerprint density at radius 3 is 2.76 bits per heavy atom. The Hall–Kier alpha value is -3.04. The van der Waals surface area contributed by atoms with Gasteiger partial charge in [0.1, 0.15) is 30.4 Å². The van der Waals surface area contributed by atoms with Crippen LogP contribution in [0.2, 0.25) is 0 Å². The quantitative estimate of drug-likeness (QED) is 0.378. The number of ether oxygens (including phenoxy) is 1. The Morgan fingerprint density at radius 2 is 2.10 bits per heavy atom. The lowest BCUT2D eigenvalue weighted by molar-refractivity contribution is 0.417. The van der Waals surface area contributed by atoms with Crippen molar-refractivity contribution in [1.29, 1.82) is 5.26 Å². The Bertz CT molecular complexity index is 1110. The van der Waals surface area contributed by atoms with E-state index in [2.05, 4.69) is 38.6 Å². The lowest BCUT2D eigenvalue weighted by atomic mass is 10.2. The summed E-state index contributed by atoms with van der Waals surface area (Å²) in [7, 11) is -0.840. The summed E-state index contributed by atoms with van der Waals surface area (Å²) in [5.74, 6) is 1.52. The minimum Gasteiger partial charge on any atom is -0.495 e. The van der Waals surface area contributed by atoms with E-state index < -0.39 is 7.14 Å². The first-order chi connectivity index (χ1) is 13.9. The van der Waals surface area contributed by atoms with Crippen molar-refractivity contribution in [3.8, 4) is 11.8 Å². The van der Waals surface area contributed by atoms with Crippen molar-refractivity contribution in [3.63, 3.8) is 0 Å². The maximum atomic E-state index is 12.4. The Labute approximate surface area is 170 Å². The number of methoxy groups -OCH3 is 1. The molecule has 3 rings (SSSR count). The molecule has 0 aliphatic carbocycles. The zero-order chi connectivity index (χ0) is 21.0. The standard InChI is InChI=1S/C20H25N6O2P/c1-5-6-9-22-18-17-13(11-21)12-23-19(17)26-20(25-18)24-15-8-7-14(29(3,4)27)10-16(15)28-2/h7-8,10,12H,5-6,9H2,1-4H3,(H3,22,23,24,25,26). The van der Waals surface area contributed by atoms with E-state index in [0.29, 0.717) is 39.8 Å². The third kappa shape index (κ3) is 4.52. The second-order valence-electron chi connectivity index (χ2n) is 7.07. The highest BCUT2D eigenvalue weighted by atomic mass is 31.2. The number of hydrogen-bond donors (Lipinski definition) is 3. The van der Waals surface area contributed by atoms with Crippen LogP contribution in [0.15, 0.2) is 24.4 Å². The molecule has 0 radical (unpaired) electrons. The van der Waals surface area contributed by atoms with Gasteiger partial charge >= 0.3 is 0 Å². The van der Waals surface area contributed by atoms with Gasteiger partial charge in [0.15, 0.2) is 0 Å². The molecule has 0 spiro atoms. The van der Waals surface area contributed by atoms with Gasteiger partial charge < -0.3 is 24.9 Å². The molecule has 29 heavy (non-hydrogen) atoms. The predicted octanol–water partition coefficient (Wildman–Crippen LogP) is 4.04. The monoisotopic (exact) mass is 412 g/mol. The Kier molecular flexibility index (Phi) is 6.09. The first-order valence-electron chi connectivity index (χ1n) is 9.41. The molecule has 2 heterocycles. The van der Waals surface area contributed by atoms with Gasteiger partial charge in [-0.05, 0) is 37.9 Å².